The van der Waals surface area contributed by atoms with Crippen LogP contribution in [0, 0.1) is 17.5 Å². The van der Waals surface area contributed by atoms with Crippen LogP contribution >= 0.6 is 0 Å². The molecule has 1 aliphatic heterocycles. The summed E-state index contributed by atoms with van der Waals surface area (Å²) in [5.74, 6) is -5.25. The second-order valence-electron chi connectivity index (χ2n) is 8.63. The molecule has 182 valence electrons. The molecule has 3 heterocycles. The summed E-state index contributed by atoms with van der Waals surface area (Å²) in [6.07, 6.45) is 4.23. The van der Waals surface area contributed by atoms with Gasteiger partial charge in [0, 0.05) is 18.2 Å². The van der Waals surface area contributed by atoms with Crippen LogP contribution in [0.4, 0.5) is 30.8 Å². The number of aliphatic hydroxyl groups is 2. The predicted octanol–water partition coefficient (Wildman–Crippen LogP) is 2.27. The normalized spacial score (nSPS) is 27.3. The van der Waals surface area contributed by atoms with Crippen LogP contribution in [-0.4, -0.2) is 54.4 Å². The fourth-order valence-corrected chi connectivity index (χ4v) is 4.47. The Labute approximate surface area is 192 Å². The number of ether oxygens (including phenoxy) is 1. The van der Waals surface area contributed by atoms with Gasteiger partial charge in [0.1, 0.15) is 23.1 Å². The summed E-state index contributed by atoms with van der Waals surface area (Å²) < 4.78 is 48.7. The van der Waals surface area contributed by atoms with E-state index in [-0.39, 0.29) is 42.3 Å². The summed E-state index contributed by atoms with van der Waals surface area (Å²) in [5, 5.41) is 26.1. The Hall–Kier alpha value is -3.00. The average Bonchev–Trinajstić information content (AvgIpc) is 3.30. The molecule has 2 fully saturated rings. The maximum absolute atomic E-state index is 14.3. The van der Waals surface area contributed by atoms with Gasteiger partial charge in [0.15, 0.2) is 17.3 Å². The monoisotopic (exact) mass is 479 g/mol. The average molecular weight is 479 g/mol. The Bertz CT molecular complexity index is 1190. The van der Waals surface area contributed by atoms with Crippen molar-refractivity contribution < 1.29 is 28.1 Å². The van der Waals surface area contributed by atoms with Crippen LogP contribution in [0.1, 0.15) is 38.1 Å². The van der Waals surface area contributed by atoms with Crippen molar-refractivity contribution in [2.75, 3.05) is 17.2 Å². The van der Waals surface area contributed by atoms with Gasteiger partial charge in [-0.1, -0.05) is 0 Å². The van der Waals surface area contributed by atoms with Gasteiger partial charge in [0.25, 0.3) is 0 Å². The molecule has 0 amide bonds. The van der Waals surface area contributed by atoms with Crippen LogP contribution in [0.25, 0.3) is 11.2 Å². The Kier molecular flexibility index (Phi) is 5.80. The molecule has 1 aliphatic carbocycles. The SMILES string of the molecule is NC1(O)OCCC1n1c(Nc2c(F)cc(F)cc2F)nc2cnc(NC3CCC(O)CC3)nc21. The van der Waals surface area contributed by atoms with E-state index in [1.54, 1.807) is 0 Å². The molecule has 5 rings (SSSR count). The number of aromatic nitrogens is 4. The van der Waals surface area contributed by atoms with E-state index in [2.05, 4.69) is 25.6 Å². The van der Waals surface area contributed by atoms with Gasteiger partial charge in [-0.15, -0.1) is 0 Å². The molecule has 10 nitrogen and oxygen atoms in total. The largest absolute Gasteiger partial charge is 0.393 e. The lowest BCUT2D eigenvalue weighted by Gasteiger charge is -2.27. The number of imidazole rings is 1. The third kappa shape index (κ3) is 4.27. The van der Waals surface area contributed by atoms with Gasteiger partial charge in [-0.05, 0) is 32.1 Å². The second kappa shape index (κ2) is 8.65. The topological polar surface area (TPSA) is 143 Å². The molecule has 2 unspecified atom stereocenters. The van der Waals surface area contributed by atoms with E-state index in [4.69, 9.17) is 10.5 Å². The van der Waals surface area contributed by atoms with Crippen molar-refractivity contribution in [2.45, 2.75) is 56.2 Å². The van der Waals surface area contributed by atoms with Gasteiger partial charge < -0.3 is 25.6 Å². The molecule has 2 atom stereocenters. The number of fused-ring (bicyclic) bond motifs is 1. The van der Waals surface area contributed by atoms with Crippen molar-refractivity contribution in [3.63, 3.8) is 0 Å². The molecule has 34 heavy (non-hydrogen) atoms. The summed E-state index contributed by atoms with van der Waals surface area (Å²) in [6, 6.07) is 0.260. The molecule has 1 saturated carbocycles. The van der Waals surface area contributed by atoms with Gasteiger partial charge in [0.05, 0.1) is 18.9 Å². The van der Waals surface area contributed by atoms with E-state index in [9.17, 15) is 23.4 Å². The lowest BCUT2D eigenvalue weighted by atomic mass is 9.93. The predicted molar refractivity (Wildman–Crippen MR) is 116 cm³/mol. The molecule has 0 bridgehead atoms. The summed E-state index contributed by atoms with van der Waals surface area (Å²) in [4.78, 5) is 13.1. The number of halogens is 3. The zero-order valence-electron chi connectivity index (χ0n) is 18.0. The summed E-state index contributed by atoms with van der Waals surface area (Å²) >= 11 is 0. The fraction of sp³-hybridized carbons (Fsp3) is 0.476. The van der Waals surface area contributed by atoms with Crippen LogP contribution in [-0.2, 0) is 4.74 Å². The third-order valence-corrected chi connectivity index (χ3v) is 6.22. The Morgan fingerprint density at radius 2 is 1.79 bits per heavy atom. The first kappa shape index (κ1) is 22.8. The van der Waals surface area contributed by atoms with E-state index < -0.39 is 35.1 Å². The maximum Gasteiger partial charge on any atom is 0.244 e. The number of hydrogen-bond donors (Lipinski definition) is 5. The minimum Gasteiger partial charge on any atom is -0.393 e. The number of rotatable bonds is 5. The fourth-order valence-electron chi connectivity index (χ4n) is 4.47. The van der Waals surface area contributed by atoms with Crippen molar-refractivity contribution >= 4 is 28.7 Å². The Morgan fingerprint density at radius 3 is 2.44 bits per heavy atom. The van der Waals surface area contributed by atoms with Crippen LogP contribution in [0.15, 0.2) is 18.3 Å². The van der Waals surface area contributed by atoms with Gasteiger partial charge in [-0.3, -0.25) is 10.3 Å². The van der Waals surface area contributed by atoms with Crippen molar-refractivity contribution in [3.8, 4) is 0 Å². The lowest BCUT2D eigenvalue weighted by Crippen LogP contribution is -2.46. The zero-order chi connectivity index (χ0) is 24.0. The molecular weight excluding hydrogens is 455 g/mol. The van der Waals surface area contributed by atoms with Gasteiger partial charge in [-0.2, -0.15) is 4.98 Å². The van der Waals surface area contributed by atoms with Crippen LogP contribution in [0.2, 0.25) is 0 Å². The van der Waals surface area contributed by atoms with Gasteiger partial charge >= 0.3 is 0 Å². The van der Waals surface area contributed by atoms with E-state index in [0.717, 1.165) is 12.8 Å². The molecule has 1 aromatic carbocycles. The zero-order valence-corrected chi connectivity index (χ0v) is 18.0. The molecule has 13 heteroatoms. The molecule has 2 aromatic heterocycles. The number of nitrogens with one attached hydrogen (secondary N) is 2. The molecule has 0 spiro atoms. The summed E-state index contributed by atoms with van der Waals surface area (Å²) in [6.45, 7) is 0.136. The molecule has 2 aliphatic rings. The number of anilines is 3. The minimum atomic E-state index is -2.08. The number of aliphatic hydroxyl groups excluding tert-OH is 1. The minimum absolute atomic E-state index is 0.0680. The summed E-state index contributed by atoms with van der Waals surface area (Å²) in [7, 11) is 0. The number of nitrogens with two attached hydrogens (primary N) is 1. The van der Waals surface area contributed by atoms with Crippen molar-refractivity contribution in [3.05, 3.63) is 35.8 Å². The molecule has 0 radical (unpaired) electrons. The smallest absolute Gasteiger partial charge is 0.244 e. The highest BCUT2D eigenvalue weighted by Gasteiger charge is 2.43. The van der Waals surface area contributed by atoms with Crippen molar-refractivity contribution in [1.29, 1.82) is 0 Å². The second-order valence-corrected chi connectivity index (χ2v) is 8.63. The van der Waals surface area contributed by atoms with E-state index in [1.807, 2.05) is 0 Å². The molecule has 6 N–H and O–H groups in total. The number of benzene rings is 1. The van der Waals surface area contributed by atoms with Crippen LogP contribution in [0.3, 0.4) is 0 Å². The quantitative estimate of drug-likeness (QED) is 0.348. The highest BCUT2D eigenvalue weighted by atomic mass is 19.1. The highest BCUT2D eigenvalue weighted by Crippen LogP contribution is 2.37. The van der Waals surface area contributed by atoms with Crippen LogP contribution in [0.5, 0.6) is 0 Å². The summed E-state index contributed by atoms with van der Waals surface area (Å²) in [5.41, 5.74) is 5.83. The van der Waals surface area contributed by atoms with Crippen molar-refractivity contribution in [1.82, 2.24) is 19.5 Å². The van der Waals surface area contributed by atoms with Crippen LogP contribution < -0.4 is 16.4 Å². The third-order valence-electron chi connectivity index (χ3n) is 6.22. The molecular formula is C21H24F3N7O3. The molecule has 3 aromatic rings. The molecule has 1 saturated heterocycles. The van der Waals surface area contributed by atoms with Gasteiger partial charge in [0.2, 0.25) is 17.8 Å². The first-order valence-corrected chi connectivity index (χ1v) is 11.0. The first-order chi connectivity index (χ1) is 16.2. The lowest BCUT2D eigenvalue weighted by molar-refractivity contribution is -0.184. The van der Waals surface area contributed by atoms with E-state index in [1.165, 1.54) is 10.8 Å². The van der Waals surface area contributed by atoms with Gasteiger partial charge in [-0.25, -0.2) is 23.1 Å². The number of hydrogen-bond acceptors (Lipinski definition) is 9. The first-order valence-electron chi connectivity index (χ1n) is 11.0. The Balaban J connectivity index is 1.56. The highest BCUT2D eigenvalue weighted by molar-refractivity contribution is 5.77. The van der Waals surface area contributed by atoms with Crippen molar-refractivity contribution in [2.24, 2.45) is 5.73 Å². The maximum atomic E-state index is 14.3. The standard InChI is InChI=1S/C21H24F3N7O3/c22-10-7-13(23)17(14(24)8-10)29-20-28-15-9-26-19(27-11-1-3-12(32)4-2-11)30-18(15)31(20)16-5-6-34-21(16,25)33/h7-9,11-12,16,32-33H,1-6,25H2,(H,28,29)(H,26,27,30). The Morgan fingerprint density at radius 1 is 1.09 bits per heavy atom. The van der Waals surface area contributed by atoms with E-state index in [0.29, 0.717) is 30.9 Å². The van der Waals surface area contributed by atoms with E-state index >= 15 is 0 Å². The number of nitrogens with zero attached hydrogens (tertiary/aromatic N) is 4.